The van der Waals surface area contributed by atoms with Crippen LogP contribution in [0.4, 0.5) is 0 Å². The lowest BCUT2D eigenvalue weighted by atomic mass is 9.97. The molecule has 110 valence electrons. The summed E-state index contributed by atoms with van der Waals surface area (Å²) in [5, 5.41) is 2.39. The monoisotopic (exact) mass is 305 g/mol. The number of rotatable bonds is 3. The second-order valence-electron chi connectivity index (χ2n) is 5.01. The number of likely N-dealkylation sites (tertiary alicyclic amines) is 1. The third-order valence-corrected chi connectivity index (χ3v) is 4.42. The number of hydrogen-bond acceptors (Lipinski definition) is 5. The summed E-state index contributed by atoms with van der Waals surface area (Å²) in [6, 6.07) is 3.58. The molecule has 7 heteroatoms. The van der Waals surface area contributed by atoms with Crippen LogP contribution < -0.4 is 5.73 Å². The van der Waals surface area contributed by atoms with Crippen LogP contribution in [0.5, 0.6) is 0 Å². The highest BCUT2D eigenvalue weighted by molar-refractivity contribution is 7.13. The third kappa shape index (κ3) is 2.82. The summed E-state index contributed by atoms with van der Waals surface area (Å²) < 4.78 is 5.27. The lowest BCUT2D eigenvalue weighted by Gasteiger charge is -2.30. The van der Waals surface area contributed by atoms with E-state index in [4.69, 9.17) is 10.2 Å². The normalized spacial score (nSPS) is 18.7. The minimum absolute atomic E-state index is 0.157. The van der Waals surface area contributed by atoms with Gasteiger partial charge in [-0.1, -0.05) is 0 Å². The quantitative estimate of drug-likeness (QED) is 0.935. The molecule has 2 amide bonds. The molecule has 0 aliphatic carbocycles. The second-order valence-corrected chi connectivity index (χ2v) is 5.87. The van der Waals surface area contributed by atoms with Gasteiger partial charge in [-0.25, -0.2) is 4.98 Å². The van der Waals surface area contributed by atoms with Crippen molar-refractivity contribution in [2.24, 2.45) is 11.7 Å². The number of piperidine rings is 1. The summed E-state index contributed by atoms with van der Waals surface area (Å²) in [6.45, 7) is 1.01. The summed E-state index contributed by atoms with van der Waals surface area (Å²) in [4.78, 5) is 29.7. The number of carbonyl (C=O) groups excluding carboxylic acids is 2. The smallest absolute Gasteiger partial charge is 0.273 e. The zero-order chi connectivity index (χ0) is 14.8. The van der Waals surface area contributed by atoms with Crippen LogP contribution in [-0.2, 0) is 4.79 Å². The van der Waals surface area contributed by atoms with E-state index in [1.165, 1.54) is 11.3 Å². The SMILES string of the molecule is NC(=O)[C@H]1CCCN(C(=O)c2csc(-c3ccco3)n2)C1. The highest BCUT2D eigenvalue weighted by Gasteiger charge is 2.28. The van der Waals surface area contributed by atoms with E-state index in [0.29, 0.717) is 29.6 Å². The van der Waals surface area contributed by atoms with Gasteiger partial charge in [-0.3, -0.25) is 9.59 Å². The molecule has 1 aliphatic rings. The molecular formula is C14H15N3O3S. The van der Waals surface area contributed by atoms with Crippen LogP contribution in [0.3, 0.4) is 0 Å². The molecular weight excluding hydrogens is 290 g/mol. The summed E-state index contributed by atoms with van der Waals surface area (Å²) in [5.74, 6) is -0.115. The van der Waals surface area contributed by atoms with Crippen LogP contribution in [0, 0.1) is 5.92 Å². The first-order valence-electron chi connectivity index (χ1n) is 6.73. The van der Waals surface area contributed by atoms with Gasteiger partial charge in [0, 0.05) is 18.5 Å². The van der Waals surface area contributed by atoms with E-state index in [1.54, 1.807) is 28.7 Å². The van der Waals surface area contributed by atoms with Gasteiger partial charge in [-0.05, 0) is 25.0 Å². The number of primary amides is 1. The maximum Gasteiger partial charge on any atom is 0.273 e. The molecule has 3 heterocycles. The number of amides is 2. The molecule has 1 atom stereocenters. The van der Waals surface area contributed by atoms with Crippen LogP contribution in [-0.4, -0.2) is 34.8 Å². The van der Waals surface area contributed by atoms with Gasteiger partial charge in [0.25, 0.3) is 5.91 Å². The molecule has 6 nitrogen and oxygen atoms in total. The van der Waals surface area contributed by atoms with Gasteiger partial charge in [-0.2, -0.15) is 0 Å². The lowest BCUT2D eigenvalue weighted by Crippen LogP contribution is -2.44. The molecule has 0 bridgehead atoms. The topological polar surface area (TPSA) is 89.4 Å². The first kappa shape index (κ1) is 13.8. The van der Waals surface area contributed by atoms with Gasteiger partial charge in [0.15, 0.2) is 10.8 Å². The molecule has 1 aliphatic heterocycles. The van der Waals surface area contributed by atoms with Gasteiger partial charge >= 0.3 is 0 Å². The van der Waals surface area contributed by atoms with Gasteiger partial charge in [-0.15, -0.1) is 11.3 Å². The standard InChI is InChI=1S/C14H15N3O3S/c15-12(18)9-3-1-5-17(7-9)14(19)10-8-21-13(16-10)11-4-2-6-20-11/h2,4,6,8-9H,1,3,5,7H2,(H2,15,18)/t9-/m0/s1. The van der Waals surface area contributed by atoms with Crippen LogP contribution in [0.15, 0.2) is 28.2 Å². The van der Waals surface area contributed by atoms with E-state index in [1.807, 2.05) is 0 Å². The maximum atomic E-state index is 12.4. The fourth-order valence-electron chi connectivity index (χ4n) is 2.44. The Balaban J connectivity index is 1.74. The Kier molecular flexibility index (Phi) is 3.74. The first-order chi connectivity index (χ1) is 10.1. The summed E-state index contributed by atoms with van der Waals surface area (Å²) in [6.07, 6.45) is 3.10. The number of nitrogens with two attached hydrogens (primary N) is 1. The van der Waals surface area contributed by atoms with E-state index < -0.39 is 0 Å². The Labute approximate surface area is 125 Å². The van der Waals surface area contributed by atoms with Gasteiger partial charge in [0.05, 0.1) is 12.2 Å². The zero-order valence-electron chi connectivity index (χ0n) is 11.3. The van der Waals surface area contributed by atoms with Crippen LogP contribution in [0.1, 0.15) is 23.3 Å². The summed E-state index contributed by atoms with van der Waals surface area (Å²) in [7, 11) is 0. The highest BCUT2D eigenvalue weighted by atomic mass is 32.1. The van der Waals surface area contributed by atoms with Gasteiger partial charge in [0.1, 0.15) is 5.69 Å². The van der Waals surface area contributed by atoms with E-state index in [2.05, 4.69) is 4.98 Å². The average molecular weight is 305 g/mol. The number of carbonyl (C=O) groups is 2. The molecule has 2 aromatic heterocycles. The van der Waals surface area contributed by atoms with Gasteiger partial charge < -0.3 is 15.1 Å². The fraction of sp³-hybridized carbons (Fsp3) is 0.357. The van der Waals surface area contributed by atoms with Crippen molar-refractivity contribution in [2.75, 3.05) is 13.1 Å². The van der Waals surface area contributed by atoms with Crippen molar-refractivity contribution in [3.63, 3.8) is 0 Å². The molecule has 2 aromatic rings. The zero-order valence-corrected chi connectivity index (χ0v) is 12.1. The Morgan fingerprint density at radius 1 is 1.48 bits per heavy atom. The lowest BCUT2D eigenvalue weighted by molar-refractivity contribution is -0.123. The van der Waals surface area contributed by atoms with Crippen molar-refractivity contribution in [1.82, 2.24) is 9.88 Å². The van der Waals surface area contributed by atoms with Crippen LogP contribution in [0.25, 0.3) is 10.8 Å². The Bertz CT molecular complexity index is 650. The number of thiazole rings is 1. The summed E-state index contributed by atoms with van der Waals surface area (Å²) in [5.41, 5.74) is 5.72. The molecule has 1 fully saturated rings. The van der Waals surface area contributed by atoms with Crippen molar-refractivity contribution in [3.8, 4) is 10.8 Å². The van der Waals surface area contributed by atoms with E-state index >= 15 is 0 Å². The third-order valence-electron chi connectivity index (χ3n) is 3.57. The fourth-order valence-corrected chi connectivity index (χ4v) is 3.20. The molecule has 0 aromatic carbocycles. The van der Waals surface area contributed by atoms with Gasteiger partial charge in [0.2, 0.25) is 5.91 Å². The first-order valence-corrected chi connectivity index (χ1v) is 7.61. The highest BCUT2D eigenvalue weighted by Crippen LogP contribution is 2.25. The Hall–Kier alpha value is -2.15. The van der Waals surface area contributed by atoms with Crippen LogP contribution in [0.2, 0.25) is 0 Å². The van der Waals surface area contributed by atoms with Crippen molar-refractivity contribution in [2.45, 2.75) is 12.8 Å². The minimum atomic E-state index is -0.345. The van der Waals surface area contributed by atoms with Crippen molar-refractivity contribution >= 4 is 23.2 Å². The molecule has 0 saturated carbocycles. The molecule has 0 radical (unpaired) electrons. The van der Waals surface area contributed by atoms with E-state index in [0.717, 1.165) is 12.8 Å². The number of aromatic nitrogens is 1. The van der Waals surface area contributed by atoms with Crippen molar-refractivity contribution in [3.05, 3.63) is 29.5 Å². The number of hydrogen-bond donors (Lipinski definition) is 1. The minimum Gasteiger partial charge on any atom is -0.462 e. The Morgan fingerprint density at radius 3 is 3.05 bits per heavy atom. The molecule has 0 spiro atoms. The molecule has 2 N–H and O–H groups in total. The molecule has 3 rings (SSSR count). The second kappa shape index (κ2) is 5.69. The Morgan fingerprint density at radius 2 is 2.33 bits per heavy atom. The van der Waals surface area contributed by atoms with Crippen LogP contribution >= 0.6 is 11.3 Å². The molecule has 1 saturated heterocycles. The number of nitrogens with zero attached hydrogens (tertiary/aromatic N) is 2. The number of furan rings is 1. The summed E-state index contributed by atoms with van der Waals surface area (Å²) >= 11 is 1.36. The largest absolute Gasteiger partial charge is 0.462 e. The van der Waals surface area contributed by atoms with Crippen molar-refractivity contribution < 1.29 is 14.0 Å². The average Bonchev–Trinajstić information content (AvgIpc) is 3.17. The molecule has 21 heavy (non-hydrogen) atoms. The molecule has 0 unspecified atom stereocenters. The predicted molar refractivity (Wildman–Crippen MR) is 77.6 cm³/mol. The van der Waals surface area contributed by atoms with E-state index in [-0.39, 0.29) is 17.7 Å². The van der Waals surface area contributed by atoms with E-state index in [9.17, 15) is 9.59 Å². The predicted octanol–water partition coefficient (Wildman–Crippen LogP) is 1.74. The van der Waals surface area contributed by atoms with Crippen molar-refractivity contribution in [1.29, 1.82) is 0 Å². The maximum absolute atomic E-state index is 12.4.